The summed E-state index contributed by atoms with van der Waals surface area (Å²) in [5.41, 5.74) is 10.5. The molecule has 1 aromatic carbocycles. The summed E-state index contributed by atoms with van der Waals surface area (Å²) < 4.78 is 0. The standard InChI is InChI=1S/C17H22N2S/c1-13-8-11-20-17(13)16(12-18)19-9-6-14-4-2-3-5-15(14)7-10-19/h2-5,8,11,16H,6-7,9-10,12,18H2,1H3. The van der Waals surface area contributed by atoms with Crippen molar-refractivity contribution in [1.29, 1.82) is 0 Å². The van der Waals surface area contributed by atoms with Crippen LogP contribution < -0.4 is 5.73 Å². The van der Waals surface area contributed by atoms with Crippen molar-refractivity contribution in [2.45, 2.75) is 25.8 Å². The van der Waals surface area contributed by atoms with Gasteiger partial charge in [-0.2, -0.15) is 0 Å². The van der Waals surface area contributed by atoms with Crippen molar-refractivity contribution in [2.75, 3.05) is 19.6 Å². The molecule has 106 valence electrons. The van der Waals surface area contributed by atoms with Gasteiger partial charge in [0.25, 0.3) is 0 Å². The Labute approximate surface area is 125 Å². The first kappa shape index (κ1) is 13.8. The molecule has 3 rings (SSSR count). The Morgan fingerprint density at radius 3 is 2.30 bits per heavy atom. The molecule has 2 nitrogen and oxygen atoms in total. The lowest BCUT2D eigenvalue weighted by molar-refractivity contribution is 0.214. The van der Waals surface area contributed by atoms with Crippen LogP contribution in [0.15, 0.2) is 35.7 Å². The Bertz CT molecular complexity index is 549. The number of aryl methyl sites for hydroxylation is 1. The van der Waals surface area contributed by atoms with E-state index in [9.17, 15) is 0 Å². The number of hydrogen-bond donors (Lipinski definition) is 1. The van der Waals surface area contributed by atoms with Crippen LogP contribution in [0, 0.1) is 6.92 Å². The minimum absolute atomic E-state index is 0.379. The van der Waals surface area contributed by atoms with Crippen molar-refractivity contribution in [2.24, 2.45) is 5.73 Å². The summed E-state index contributed by atoms with van der Waals surface area (Å²) in [6, 6.07) is 11.4. The highest BCUT2D eigenvalue weighted by molar-refractivity contribution is 7.10. The number of benzene rings is 1. The predicted octanol–water partition coefficient (Wildman–Crippen LogP) is 3.16. The summed E-state index contributed by atoms with van der Waals surface area (Å²) >= 11 is 1.84. The lowest BCUT2D eigenvalue weighted by Gasteiger charge is -2.29. The molecule has 1 aromatic heterocycles. The van der Waals surface area contributed by atoms with Crippen LogP contribution >= 0.6 is 11.3 Å². The van der Waals surface area contributed by atoms with E-state index in [1.54, 1.807) is 0 Å². The molecule has 0 amide bonds. The Kier molecular flexibility index (Phi) is 4.20. The fraction of sp³-hybridized carbons (Fsp3) is 0.412. The van der Waals surface area contributed by atoms with Gasteiger partial charge in [-0.05, 0) is 47.9 Å². The maximum absolute atomic E-state index is 6.08. The molecule has 2 N–H and O–H groups in total. The molecule has 0 radical (unpaired) electrons. The average Bonchev–Trinajstić information content (AvgIpc) is 2.77. The number of fused-ring (bicyclic) bond motifs is 1. The van der Waals surface area contributed by atoms with Crippen LogP contribution in [-0.4, -0.2) is 24.5 Å². The molecule has 1 atom stereocenters. The molecule has 2 aromatic rings. The van der Waals surface area contributed by atoms with Crippen LogP contribution in [0.4, 0.5) is 0 Å². The maximum Gasteiger partial charge on any atom is 0.0567 e. The van der Waals surface area contributed by atoms with Crippen molar-refractivity contribution in [3.63, 3.8) is 0 Å². The minimum atomic E-state index is 0.379. The van der Waals surface area contributed by atoms with Gasteiger partial charge in [0, 0.05) is 24.5 Å². The van der Waals surface area contributed by atoms with Crippen LogP contribution in [0.1, 0.15) is 27.6 Å². The lowest BCUT2D eigenvalue weighted by atomic mass is 10.0. The van der Waals surface area contributed by atoms with Crippen molar-refractivity contribution in [1.82, 2.24) is 4.90 Å². The van der Waals surface area contributed by atoms with E-state index in [1.807, 2.05) is 11.3 Å². The first-order valence-corrected chi connectivity index (χ1v) is 8.22. The van der Waals surface area contributed by atoms with E-state index in [4.69, 9.17) is 5.73 Å². The van der Waals surface area contributed by atoms with Crippen LogP contribution in [0.5, 0.6) is 0 Å². The molecule has 2 heterocycles. The molecule has 1 aliphatic heterocycles. The minimum Gasteiger partial charge on any atom is -0.329 e. The smallest absolute Gasteiger partial charge is 0.0567 e. The predicted molar refractivity (Wildman–Crippen MR) is 86.3 cm³/mol. The highest BCUT2D eigenvalue weighted by Crippen LogP contribution is 2.29. The second-order valence-electron chi connectivity index (χ2n) is 5.52. The quantitative estimate of drug-likeness (QED) is 0.939. The van der Waals surface area contributed by atoms with Crippen LogP contribution in [0.3, 0.4) is 0 Å². The van der Waals surface area contributed by atoms with Crippen molar-refractivity contribution < 1.29 is 0 Å². The lowest BCUT2D eigenvalue weighted by Crippen LogP contribution is -2.35. The van der Waals surface area contributed by atoms with E-state index in [2.05, 4.69) is 47.5 Å². The molecule has 1 aliphatic rings. The number of hydrogen-bond acceptors (Lipinski definition) is 3. The van der Waals surface area contributed by atoms with E-state index in [0.717, 1.165) is 25.9 Å². The second kappa shape index (κ2) is 6.08. The zero-order valence-electron chi connectivity index (χ0n) is 12.0. The average molecular weight is 286 g/mol. The van der Waals surface area contributed by atoms with Crippen molar-refractivity contribution >= 4 is 11.3 Å². The molecule has 0 bridgehead atoms. The van der Waals surface area contributed by atoms with Gasteiger partial charge in [0.05, 0.1) is 6.04 Å². The fourth-order valence-corrected chi connectivity index (χ4v) is 4.22. The summed E-state index contributed by atoms with van der Waals surface area (Å²) in [4.78, 5) is 4.01. The number of nitrogens with two attached hydrogens (primary N) is 1. The topological polar surface area (TPSA) is 29.3 Å². The third-order valence-corrected chi connectivity index (χ3v) is 5.44. The number of nitrogens with zero attached hydrogens (tertiary/aromatic N) is 1. The van der Waals surface area contributed by atoms with E-state index >= 15 is 0 Å². The summed E-state index contributed by atoms with van der Waals surface area (Å²) in [5.74, 6) is 0. The molecule has 0 aliphatic carbocycles. The van der Waals surface area contributed by atoms with E-state index in [0.29, 0.717) is 12.6 Å². The SMILES string of the molecule is Cc1ccsc1C(CN)N1CCc2ccccc2CC1. The molecule has 1 unspecified atom stereocenters. The first-order chi connectivity index (χ1) is 9.79. The maximum atomic E-state index is 6.08. The third kappa shape index (κ3) is 2.66. The van der Waals surface area contributed by atoms with Crippen LogP contribution in [0.2, 0.25) is 0 Å². The molecule has 0 saturated heterocycles. The van der Waals surface area contributed by atoms with E-state index in [-0.39, 0.29) is 0 Å². The monoisotopic (exact) mass is 286 g/mol. The Morgan fingerprint density at radius 1 is 1.15 bits per heavy atom. The van der Waals surface area contributed by atoms with Gasteiger partial charge in [-0.15, -0.1) is 11.3 Å². The molecule has 0 saturated carbocycles. The Balaban J connectivity index is 1.80. The fourth-order valence-electron chi connectivity index (χ4n) is 3.14. The molecule has 0 spiro atoms. The highest BCUT2D eigenvalue weighted by atomic mass is 32.1. The van der Waals surface area contributed by atoms with Crippen molar-refractivity contribution in [3.05, 3.63) is 57.3 Å². The normalized spacial score (nSPS) is 17.5. The largest absolute Gasteiger partial charge is 0.329 e. The molecular formula is C17H22N2S. The Hall–Kier alpha value is -1.16. The number of rotatable bonds is 3. The van der Waals surface area contributed by atoms with Gasteiger partial charge in [0.15, 0.2) is 0 Å². The number of thiophene rings is 1. The van der Waals surface area contributed by atoms with E-state index in [1.165, 1.54) is 21.6 Å². The third-order valence-electron chi connectivity index (χ3n) is 4.32. The highest BCUT2D eigenvalue weighted by Gasteiger charge is 2.23. The molecule has 0 fully saturated rings. The first-order valence-electron chi connectivity index (χ1n) is 7.34. The van der Waals surface area contributed by atoms with Gasteiger partial charge in [-0.3, -0.25) is 4.90 Å². The molecule has 20 heavy (non-hydrogen) atoms. The van der Waals surface area contributed by atoms with Gasteiger partial charge in [-0.1, -0.05) is 24.3 Å². The van der Waals surface area contributed by atoms with Gasteiger partial charge >= 0.3 is 0 Å². The summed E-state index contributed by atoms with van der Waals surface area (Å²) in [6.07, 6.45) is 2.27. The molecular weight excluding hydrogens is 264 g/mol. The summed E-state index contributed by atoms with van der Waals surface area (Å²) in [5, 5.41) is 2.18. The van der Waals surface area contributed by atoms with Gasteiger partial charge in [0.2, 0.25) is 0 Å². The van der Waals surface area contributed by atoms with Gasteiger partial charge < -0.3 is 5.73 Å². The van der Waals surface area contributed by atoms with Crippen LogP contribution in [0.25, 0.3) is 0 Å². The summed E-state index contributed by atoms with van der Waals surface area (Å²) in [7, 11) is 0. The van der Waals surface area contributed by atoms with E-state index < -0.39 is 0 Å². The Morgan fingerprint density at radius 2 is 1.80 bits per heavy atom. The van der Waals surface area contributed by atoms with Gasteiger partial charge in [-0.25, -0.2) is 0 Å². The summed E-state index contributed by atoms with van der Waals surface area (Å²) in [6.45, 7) is 5.12. The zero-order chi connectivity index (χ0) is 13.9. The second-order valence-corrected chi connectivity index (χ2v) is 6.47. The zero-order valence-corrected chi connectivity index (χ0v) is 12.8. The van der Waals surface area contributed by atoms with Crippen LogP contribution in [-0.2, 0) is 12.8 Å². The van der Waals surface area contributed by atoms with Gasteiger partial charge in [0.1, 0.15) is 0 Å². The molecule has 3 heteroatoms. The van der Waals surface area contributed by atoms with Crippen molar-refractivity contribution in [3.8, 4) is 0 Å².